The lowest BCUT2D eigenvalue weighted by atomic mass is 10.1. The lowest BCUT2D eigenvalue weighted by Gasteiger charge is -2.36. The highest BCUT2D eigenvalue weighted by Crippen LogP contribution is 2.28. The second kappa shape index (κ2) is 7.77. The van der Waals surface area contributed by atoms with Crippen LogP contribution in [-0.2, 0) is 4.74 Å². The molecule has 162 valence electrons. The van der Waals surface area contributed by atoms with Crippen molar-refractivity contribution >= 4 is 17.5 Å². The zero-order valence-corrected chi connectivity index (χ0v) is 17.6. The van der Waals surface area contributed by atoms with Crippen molar-refractivity contribution < 1.29 is 13.9 Å². The van der Waals surface area contributed by atoms with E-state index in [1.165, 1.54) is 6.33 Å². The summed E-state index contributed by atoms with van der Waals surface area (Å²) in [6.45, 7) is 6.56. The number of nitrogens with zero attached hydrogens (tertiary/aromatic N) is 6. The molecule has 0 bridgehead atoms. The number of amides is 1. The SMILES string of the molecule is Cc1cc(N2CCN(C(=O)c3c(C)cc(C4CCCO4)oc3=O)CC2)n2ncnc2n1. The minimum atomic E-state index is -0.591. The smallest absolute Gasteiger partial charge is 0.349 e. The maximum Gasteiger partial charge on any atom is 0.349 e. The molecule has 2 saturated heterocycles. The molecule has 0 aliphatic carbocycles. The summed E-state index contributed by atoms with van der Waals surface area (Å²) in [4.78, 5) is 38.1. The van der Waals surface area contributed by atoms with Gasteiger partial charge in [0.15, 0.2) is 0 Å². The van der Waals surface area contributed by atoms with Gasteiger partial charge in [-0.3, -0.25) is 4.79 Å². The van der Waals surface area contributed by atoms with Crippen molar-refractivity contribution in [2.24, 2.45) is 0 Å². The van der Waals surface area contributed by atoms with Crippen LogP contribution in [0.25, 0.3) is 5.78 Å². The molecular formula is C21H24N6O4. The Hall–Kier alpha value is -3.27. The van der Waals surface area contributed by atoms with Gasteiger partial charge in [-0.25, -0.2) is 9.78 Å². The maximum absolute atomic E-state index is 13.1. The molecule has 31 heavy (non-hydrogen) atoms. The van der Waals surface area contributed by atoms with Crippen molar-refractivity contribution in [2.75, 3.05) is 37.7 Å². The minimum Gasteiger partial charge on any atom is -0.424 e. The molecular weight excluding hydrogens is 400 g/mol. The third-order valence-corrected chi connectivity index (χ3v) is 5.88. The van der Waals surface area contributed by atoms with Crippen molar-refractivity contribution in [3.63, 3.8) is 0 Å². The van der Waals surface area contributed by atoms with Crippen LogP contribution in [0.1, 0.15) is 46.3 Å². The zero-order chi connectivity index (χ0) is 21.5. The van der Waals surface area contributed by atoms with Crippen molar-refractivity contribution in [3.05, 3.63) is 51.5 Å². The van der Waals surface area contributed by atoms with Crippen LogP contribution < -0.4 is 10.5 Å². The van der Waals surface area contributed by atoms with Gasteiger partial charge >= 0.3 is 5.63 Å². The van der Waals surface area contributed by atoms with Gasteiger partial charge in [0.05, 0.1) is 0 Å². The highest BCUT2D eigenvalue weighted by Gasteiger charge is 2.29. The number of ether oxygens (including phenoxy) is 1. The van der Waals surface area contributed by atoms with Crippen LogP contribution in [0.4, 0.5) is 5.82 Å². The number of carbonyl (C=O) groups is 1. The van der Waals surface area contributed by atoms with E-state index in [1.54, 1.807) is 22.4 Å². The predicted molar refractivity (Wildman–Crippen MR) is 111 cm³/mol. The Morgan fingerprint density at radius 2 is 1.97 bits per heavy atom. The van der Waals surface area contributed by atoms with Crippen LogP contribution in [0, 0.1) is 13.8 Å². The van der Waals surface area contributed by atoms with Gasteiger partial charge in [-0.05, 0) is 38.3 Å². The molecule has 3 aromatic rings. The molecule has 1 amide bonds. The molecule has 0 spiro atoms. The van der Waals surface area contributed by atoms with Crippen molar-refractivity contribution in [2.45, 2.75) is 32.8 Å². The number of hydrogen-bond acceptors (Lipinski definition) is 8. The molecule has 0 aromatic carbocycles. The second-order valence-corrected chi connectivity index (χ2v) is 8.00. The molecule has 2 fully saturated rings. The maximum atomic E-state index is 13.1. The summed E-state index contributed by atoms with van der Waals surface area (Å²) in [5, 5.41) is 4.26. The Labute approximate surface area is 178 Å². The van der Waals surface area contributed by atoms with Crippen LogP contribution in [0.15, 0.2) is 27.7 Å². The minimum absolute atomic E-state index is 0.105. The first kappa shape index (κ1) is 19.7. The topological polar surface area (TPSA) is 106 Å². The summed E-state index contributed by atoms with van der Waals surface area (Å²) in [6.07, 6.45) is 3.05. The van der Waals surface area contributed by atoms with Crippen LogP contribution >= 0.6 is 0 Å². The van der Waals surface area contributed by atoms with Gasteiger partial charge in [0, 0.05) is 44.5 Å². The summed E-state index contributed by atoms with van der Waals surface area (Å²) >= 11 is 0. The number of hydrogen-bond donors (Lipinski definition) is 0. The first-order chi connectivity index (χ1) is 15.0. The number of aryl methyl sites for hydroxylation is 2. The Morgan fingerprint density at radius 1 is 1.16 bits per heavy atom. The third-order valence-electron chi connectivity index (χ3n) is 5.88. The van der Waals surface area contributed by atoms with E-state index in [4.69, 9.17) is 9.15 Å². The Kier molecular flexibility index (Phi) is 4.93. The van der Waals surface area contributed by atoms with E-state index >= 15 is 0 Å². The van der Waals surface area contributed by atoms with Crippen LogP contribution in [0.3, 0.4) is 0 Å². The van der Waals surface area contributed by atoms with E-state index in [-0.39, 0.29) is 17.6 Å². The molecule has 0 saturated carbocycles. The average Bonchev–Trinajstić information content (AvgIpc) is 3.44. The number of anilines is 1. The Bertz CT molecular complexity index is 1190. The molecule has 1 unspecified atom stereocenters. The molecule has 5 rings (SSSR count). The number of rotatable bonds is 3. The largest absolute Gasteiger partial charge is 0.424 e. The summed E-state index contributed by atoms with van der Waals surface area (Å²) in [5.41, 5.74) is 0.998. The Balaban J connectivity index is 1.33. The molecule has 2 aliphatic rings. The monoisotopic (exact) mass is 424 g/mol. The lowest BCUT2D eigenvalue weighted by molar-refractivity contribution is 0.0731. The molecule has 0 N–H and O–H groups in total. The number of fused-ring (bicyclic) bond motifs is 1. The molecule has 1 atom stereocenters. The van der Waals surface area contributed by atoms with Crippen molar-refractivity contribution in [3.8, 4) is 0 Å². The van der Waals surface area contributed by atoms with Gasteiger partial charge in [0.25, 0.3) is 11.7 Å². The van der Waals surface area contributed by atoms with Crippen LogP contribution in [-0.4, -0.2) is 63.2 Å². The molecule has 0 radical (unpaired) electrons. The fraction of sp³-hybridized carbons (Fsp3) is 0.476. The van der Waals surface area contributed by atoms with Gasteiger partial charge in [-0.1, -0.05) is 0 Å². The highest BCUT2D eigenvalue weighted by atomic mass is 16.5. The van der Waals surface area contributed by atoms with Gasteiger partial charge in [0.2, 0.25) is 0 Å². The lowest BCUT2D eigenvalue weighted by Crippen LogP contribution is -2.50. The van der Waals surface area contributed by atoms with Gasteiger partial charge < -0.3 is 19.0 Å². The van der Waals surface area contributed by atoms with Crippen LogP contribution in [0.5, 0.6) is 0 Å². The average molecular weight is 424 g/mol. The molecule has 5 heterocycles. The second-order valence-electron chi connectivity index (χ2n) is 8.00. The molecule has 10 heteroatoms. The standard InChI is InChI=1S/C21H24N6O4/c1-13-10-16(15-4-3-9-30-15)31-20(29)18(13)19(28)26-7-5-25(6-8-26)17-11-14(2)24-21-22-12-23-27(17)21/h10-12,15H,3-9H2,1-2H3. The molecule has 3 aromatic heterocycles. The van der Waals surface area contributed by atoms with E-state index in [0.717, 1.165) is 24.4 Å². The number of aromatic nitrogens is 4. The molecule has 2 aliphatic heterocycles. The first-order valence-electron chi connectivity index (χ1n) is 10.5. The summed E-state index contributed by atoms with van der Waals surface area (Å²) in [5.74, 6) is 1.66. The zero-order valence-electron chi connectivity index (χ0n) is 17.6. The van der Waals surface area contributed by atoms with E-state index < -0.39 is 5.63 Å². The predicted octanol–water partition coefficient (Wildman–Crippen LogP) is 1.51. The fourth-order valence-electron chi connectivity index (χ4n) is 4.28. The Morgan fingerprint density at radius 3 is 2.68 bits per heavy atom. The van der Waals surface area contributed by atoms with E-state index in [1.807, 2.05) is 13.0 Å². The third kappa shape index (κ3) is 3.56. The highest BCUT2D eigenvalue weighted by molar-refractivity contribution is 5.95. The van der Waals surface area contributed by atoms with Crippen LogP contribution in [0.2, 0.25) is 0 Å². The summed E-state index contributed by atoms with van der Waals surface area (Å²) < 4.78 is 12.8. The summed E-state index contributed by atoms with van der Waals surface area (Å²) in [6, 6.07) is 3.73. The normalized spacial score (nSPS) is 19.4. The van der Waals surface area contributed by atoms with E-state index in [9.17, 15) is 9.59 Å². The van der Waals surface area contributed by atoms with Gasteiger partial charge in [-0.2, -0.15) is 14.6 Å². The number of carbonyl (C=O) groups excluding carboxylic acids is 1. The van der Waals surface area contributed by atoms with E-state index in [0.29, 0.717) is 49.9 Å². The quantitative estimate of drug-likeness (QED) is 0.623. The van der Waals surface area contributed by atoms with Crippen molar-refractivity contribution in [1.82, 2.24) is 24.5 Å². The number of piperazine rings is 1. The van der Waals surface area contributed by atoms with Gasteiger partial charge in [0.1, 0.15) is 29.6 Å². The first-order valence-corrected chi connectivity index (χ1v) is 10.5. The fourth-order valence-corrected chi connectivity index (χ4v) is 4.28. The van der Waals surface area contributed by atoms with Gasteiger partial charge in [-0.15, -0.1) is 0 Å². The van der Waals surface area contributed by atoms with E-state index in [2.05, 4.69) is 20.0 Å². The van der Waals surface area contributed by atoms with Crippen molar-refractivity contribution in [1.29, 1.82) is 0 Å². The summed E-state index contributed by atoms with van der Waals surface area (Å²) in [7, 11) is 0. The molecule has 10 nitrogen and oxygen atoms in total.